The largest absolute Gasteiger partial charge is 0.354 e. The number of aryl methyl sites for hydroxylation is 1. The van der Waals surface area contributed by atoms with Crippen molar-refractivity contribution in [2.24, 2.45) is 0 Å². The topological polar surface area (TPSA) is 54.9 Å². The van der Waals surface area contributed by atoms with Crippen LogP contribution in [-0.2, 0) is 5.54 Å². The van der Waals surface area contributed by atoms with Crippen molar-refractivity contribution in [2.45, 2.75) is 33.2 Å². The zero-order valence-electron chi connectivity index (χ0n) is 19.3. The predicted octanol–water partition coefficient (Wildman–Crippen LogP) is 5.12. The molecule has 0 saturated carbocycles. The van der Waals surface area contributed by atoms with Crippen LogP contribution in [0, 0.1) is 6.92 Å². The summed E-state index contributed by atoms with van der Waals surface area (Å²) in [6.45, 7) is 7.64. The predicted molar refractivity (Wildman–Crippen MR) is 137 cm³/mol. The fourth-order valence-corrected chi connectivity index (χ4v) is 4.65. The molecule has 0 fully saturated rings. The smallest absolute Gasteiger partial charge is 0.262 e. The van der Waals surface area contributed by atoms with Crippen LogP contribution in [0.25, 0.3) is 39.0 Å². The van der Waals surface area contributed by atoms with Crippen LogP contribution in [0.5, 0.6) is 0 Å². The number of aromatic nitrogens is 2. The lowest BCUT2D eigenvalue weighted by Crippen LogP contribution is -2.47. The summed E-state index contributed by atoms with van der Waals surface area (Å²) in [6, 6.07) is 23.7. The number of H-pyrrole nitrogens is 1. The number of benzene rings is 3. The Morgan fingerprint density at radius 3 is 2.03 bits per heavy atom. The van der Waals surface area contributed by atoms with Crippen molar-refractivity contribution in [1.29, 1.82) is 0 Å². The molecule has 0 radical (unpaired) electrons. The first-order valence-electron chi connectivity index (χ1n) is 11.1. The van der Waals surface area contributed by atoms with Crippen molar-refractivity contribution in [3.05, 3.63) is 110 Å². The van der Waals surface area contributed by atoms with Crippen LogP contribution in [0.15, 0.2) is 82.4 Å². The van der Waals surface area contributed by atoms with E-state index in [1.807, 2.05) is 107 Å². The number of aromatic amines is 1. The molecule has 2 heterocycles. The standard InChI is InChI=1S/C29H26N2O2/c1-18-15-16-22-25-23(18)28(33)31(29(2,3)4)27(32)21(17-19-11-7-5-8-12-19)24(25)26(30-22)20-13-9-6-10-14-20/h5-17,30H,1-4H3/b21-17-. The number of rotatable bonds is 2. The highest BCUT2D eigenvalue weighted by Crippen LogP contribution is 2.32. The van der Waals surface area contributed by atoms with Gasteiger partial charge in [0.2, 0.25) is 0 Å². The molecule has 0 unspecified atom stereocenters. The molecule has 0 aliphatic rings. The van der Waals surface area contributed by atoms with Gasteiger partial charge in [0.05, 0.1) is 16.3 Å². The van der Waals surface area contributed by atoms with Crippen molar-refractivity contribution in [3.63, 3.8) is 0 Å². The molecule has 0 saturated heterocycles. The number of hydrogen-bond acceptors (Lipinski definition) is 2. The Balaban J connectivity index is 2.17. The third-order valence-corrected chi connectivity index (χ3v) is 6.14. The van der Waals surface area contributed by atoms with Gasteiger partial charge in [-0.1, -0.05) is 66.7 Å². The minimum absolute atomic E-state index is 0.257. The molecule has 33 heavy (non-hydrogen) atoms. The number of nitrogens with one attached hydrogen (secondary N) is 1. The SMILES string of the molecule is Cc1ccc2[nH]c(-c3ccccc3)c3/c(=C/c4ccccc4)c(=O)n(C(C)(C)C)c(=O)c1c23. The van der Waals surface area contributed by atoms with Gasteiger partial charge in [-0.25, -0.2) is 0 Å². The molecule has 0 atom stereocenters. The Kier molecular flexibility index (Phi) is 4.82. The molecule has 0 spiro atoms. The first-order valence-corrected chi connectivity index (χ1v) is 11.1. The van der Waals surface area contributed by atoms with Gasteiger partial charge in [-0.2, -0.15) is 0 Å². The Hall–Kier alpha value is -3.92. The number of hydrogen-bond donors (Lipinski definition) is 1. The van der Waals surface area contributed by atoms with Crippen molar-refractivity contribution in [1.82, 2.24) is 9.55 Å². The van der Waals surface area contributed by atoms with E-state index in [9.17, 15) is 9.59 Å². The van der Waals surface area contributed by atoms with Gasteiger partial charge in [0.25, 0.3) is 11.1 Å². The lowest BCUT2D eigenvalue weighted by atomic mass is 10.0. The molecule has 3 aromatic carbocycles. The second-order valence-electron chi connectivity index (χ2n) is 9.51. The van der Waals surface area contributed by atoms with E-state index in [1.165, 1.54) is 4.57 Å². The molecule has 0 aliphatic heterocycles. The molecule has 5 aromatic rings. The van der Waals surface area contributed by atoms with Gasteiger partial charge in [-0.05, 0) is 56.5 Å². The Labute approximate surface area is 191 Å². The maximum absolute atomic E-state index is 14.1. The van der Waals surface area contributed by atoms with Crippen LogP contribution in [0.2, 0.25) is 0 Å². The van der Waals surface area contributed by atoms with E-state index >= 15 is 0 Å². The average Bonchev–Trinajstić information content (AvgIpc) is 3.12. The van der Waals surface area contributed by atoms with E-state index in [-0.39, 0.29) is 11.1 Å². The van der Waals surface area contributed by atoms with Crippen LogP contribution in [0.1, 0.15) is 31.9 Å². The van der Waals surface area contributed by atoms with Gasteiger partial charge in [-0.3, -0.25) is 14.2 Å². The summed E-state index contributed by atoms with van der Waals surface area (Å²) in [7, 11) is 0. The van der Waals surface area contributed by atoms with Crippen LogP contribution in [0.3, 0.4) is 0 Å². The third-order valence-electron chi connectivity index (χ3n) is 6.14. The van der Waals surface area contributed by atoms with Crippen LogP contribution < -0.4 is 16.3 Å². The Morgan fingerprint density at radius 2 is 1.39 bits per heavy atom. The molecule has 4 nitrogen and oxygen atoms in total. The number of nitrogens with zero attached hydrogens (tertiary/aromatic N) is 1. The van der Waals surface area contributed by atoms with Gasteiger partial charge in [0, 0.05) is 21.8 Å². The van der Waals surface area contributed by atoms with Gasteiger partial charge in [-0.15, -0.1) is 0 Å². The minimum Gasteiger partial charge on any atom is -0.354 e. The molecule has 2 aromatic heterocycles. The van der Waals surface area contributed by atoms with E-state index in [0.717, 1.165) is 38.7 Å². The molecule has 5 rings (SSSR count). The van der Waals surface area contributed by atoms with E-state index in [4.69, 9.17) is 0 Å². The van der Waals surface area contributed by atoms with E-state index in [2.05, 4.69) is 4.98 Å². The first kappa shape index (κ1) is 21.0. The van der Waals surface area contributed by atoms with Crippen LogP contribution in [0.4, 0.5) is 0 Å². The molecule has 164 valence electrons. The molecule has 0 amide bonds. The summed E-state index contributed by atoms with van der Waals surface area (Å²) in [5, 5.41) is 2.68. The first-order chi connectivity index (χ1) is 15.8. The zero-order valence-corrected chi connectivity index (χ0v) is 19.3. The van der Waals surface area contributed by atoms with Crippen molar-refractivity contribution < 1.29 is 0 Å². The average molecular weight is 435 g/mol. The van der Waals surface area contributed by atoms with Crippen molar-refractivity contribution in [2.75, 3.05) is 0 Å². The maximum atomic E-state index is 14.1. The summed E-state index contributed by atoms with van der Waals surface area (Å²) in [4.78, 5) is 31.6. The molecule has 0 aliphatic carbocycles. The monoisotopic (exact) mass is 434 g/mol. The minimum atomic E-state index is -0.682. The zero-order chi connectivity index (χ0) is 23.3. The fourth-order valence-electron chi connectivity index (χ4n) is 4.65. The van der Waals surface area contributed by atoms with Crippen molar-refractivity contribution in [3.8, 4) is 11.3 Å². The molecule has 0 bridgehead atoms. The highest BCUT2D eigenvalue weighted by atomic mass is 16.2. The second-order valence-corrected chi connectivity index (χ2v) is 9.51. The van der Waals surface area contributed by atoms with Crippen molar-refractivity contribution >= 4 is 27.8 Å². The van der Waals surface area contributed by atoms with Crippen LogP contribution in [-0.4, -0.2) is 9.55 Å². The van der Waals surface area contributed by atoms with E-state index < -0.39 is 5.54 Å². The molecule has 4 heteroatoms. The molecular formula is C29H26N2O2. The van der Waals surface area contributed by atoms with E-state index in [0.29, 0.717) is 10.6 Å². The molecule has 1 N–H and O–H groups in total. The second kappa shape index (κ2) is 7.59. The van der Waals surface area contributed by atoms with Gasteiger partial charge >= 0.3 is 0 Å². The third kappa shape index (κ3) is 3.39. The lowest BCUT2D eigenvalue weighted by Gasteiger charge is -2.20. The van der Waals surface area contributed by atoms with Gasteiger partial charge in [0.1, 0.15) is 0 Å². The quantitative estimate of drug-likeness (QED) is 0.419. The highest BCUT2D eigenvalue weighted by molar-refractivity contribution is 6.15. The fraction of sp³-hybridized carbons (Fsp3) is 0.172. The highest BCUT2D eigenvalue weighted by Gasteiger charge is 2.24. The van der Waals surface area contributed by atoms with Crippen LogP contribution >= 0.6 is 0 Å². The normalized spacial score (nSPS) is 12.7. The van der Waals surface area contributed by atoms with E-state index in [1.54, 1.807) is 0 Å². The maximum Gasteiger partial charge on any atom is 0.262 e. The summed E-state index contributed by atoms with van der Waals surface area (Å²) in [5.41, 5.74) is 3.20. The lowest BCUT2D eigenvalue weighted by molar-refractivity contribution is 0.375. The summed E-state index contributed by atoms with van der Waals surface area (Å²) >= 11 is 0. The summed E-state index contributed by atoms with van der Waals surface area (Å²) in [6.07, 6.45) is 1.90. The summed E-state index contributed by atoms with van der Waals surface area (Å²) < 4.78 is 1.42. The Bertz CT molecular complexity index is 1670. The summed E-state index contributed by atoms with van der Waals surface area (Å²) in [5.74, 6) is 0. The molecular weight excluding hydrogens is 408 g/mol. The Morgan fingerprint density at radius 1 is 0.758 bits per heavy atom. The van der Waals surface area contributed by atoms with Gasteiger partial charge in [0.15, 0.2) is 0 Å². The van der Waals surface area contributed by atoms with Gasteiger partial charge < -0.3 is 4.98 Å².